The van der Waals surface area contributed by atoms with Gasteiger partial charge in [0.25, 0.3) is 5.91 Å². The Morgan fingerprint density at radius 3 is 2.17 bits per heavy atom. The summed E-state index contributed by atoms with van der Waals surface area (Å²) in [6.07, 6.45) is 8.61. The van der Waals surface area contributed by atoms with Gasteiger partial charge in [-0.1, -0.05) is 99.3 Å². The van der Waals surface area contributed by atoms with Crippen molar-refractivity contribution in [2.75, 3.05) is 18.4 Å². The predicted molar refractivity (Wildman–Crippen MR) is 185 cm³/mol. The number of allylic oxidation sites excluding steroid dienone is 3. The molecule has 0 aliphatic rings. The van der Waals surface area contributed by atoms with Gasteiger partial charge < -0.3 is 10.6 Å². The molecule has 0 atom stereocenters. The minimum absolute atomic E-state index is 0.281. The van der Waals surface area contributed by atoms with Gasteiger partial charge in [-0.2, -0.15) is 0 Å². The van der Waals surface area contributed by atoms with Crippen LogP contribution in [0.3, 0.4) is 0 Å². The van der Waals surface area contributed by atoms with Crippen molar-refractivity contribution in [3.63, 3.8) is 0 Å². The molecule has 0 radical (unpaired) electrons. The Morgan fingerprint density at radius 2 is 1.59 bits per heavy atom. The van der Waals surface area contributed by atoms with Gasteiger partial charge in [0.15, 0.2) is 0 Å². The summed E-state index contributed by atoms with van der Waals surface area (Å²) in [6, 6.07) is 17.5. The first-order valence-electron chi connectivity index (χ1n) is 14.4. The van der Waals surface area contributed by atoms with E-state index in [4.69, 9.17) is 4.99 Å². The molecule has 0 aromatic heterocycles. The molecule has 2 N–H and O–H groups in total. The number of nitrogens with one attached hydrogen (secondary N) is 2. The average molecular weight is 573 g/mol. The van der Waals surface area contributed by atoms with Gasteiger partial charge >= 0.3 is 0 Å². The molecular formula is C35H48N4OS. The number of nitrogens with zero attached hydrogens (tertiary/aromatic N) is 2. The van der Waals surface area contributed by atoms with E-state index in [0.29, 0.717) is 5.69 Å². The van der Waals surface area contributed by atoms with Crippen LogP contribution in [0, 0.1) is 0 Å². The van der Waals surface area contributed by atoms with E-state index in [9.17, 15) is 4.79 Å². The van der Waals surface area contributed by atoms with E-state index < -0.39 is 0 Å². The van der Waals surface area contributed by atoms with Crippen molar-refractivity contribution in [1.29, 1.82) is 0 Å². The summed E-state index contributed by atoms with van der Waals surface area (Å²) in [5.74, 6) is -0.310. The van der Waals surface area contributed by atoms with Gasteiger partial charge in [0.2, 0.25) is 0 Å². The Kier molecular flexibility index (Phi) is 18.5. The summed E-state index contributed by atoms with van der Waals surface area (Å²) in [4.78, 5) is 22.2. The van der Waals surface area contributed by atoms with Crippen LogP contribution in [0.1, 0.15) is 78.9 Å². The van der Waals surface area contributed by atoms with Crippen LogP contribution in [-0.2, 0) is 4.79 Å². The first-order valence-corrected chi connectivity index (χ1v) is 15.3. The van der Waals surface area contributed by atoms with E-state index >= 15 is 0 Å². The van der Waals surface area contributed by atoms with Crippen LogP contribution in [0.4, 0.5) is 5.69 Å². The minimum atomic E-state index is -0.310. The summed E-state index contributed by atoms with van der Waals surface area (Å²) in [6.45, 7) is 20.5. The van der Waals surface area contributed by atoms with Gasteiger partial charge in [-0.25, -0.2) is 4.99 Å². The molecule has 2 rings (SSSR count). The number of benzene rings is 2. The topological polar surface area (TPSA) is 65.8 Å². The van der Waals surface area contributed by atoms with Crippen molar-refractivity contribution < 1.29 is 4.79 Å². The van der Waals surface area contributed by atoms with Crippen molar-refractivity contribution in [2.45, 2.75) is 67.7 Å². The molecule has 0 saturated heterocycles. The Morgan fingerprint density at radius 1 is 0.951 bits per heavy atom. The molecule has 220 valence electrons. The number of para-hydroxylation sites is 1. The Bertz CT molecular complexity index is 1240. The maximum absolute atomic E-state index is 13.2. The third kappa shape index (κ3) is 14.1. The van der Waals surface area contributed by atoms with Gasteiger partial charge in [0.1, 0.15) is 5.71 Å². The van der Waals surface area contributed by atoms with Gasteiger partial charge in [0, 0.05) is 11.8 Å². The highest BCUT2D eigenvalue weighted by atomic mass is 32.2. The molecule has 1 amide bonds. The van der Waals surface area contributed by atoms with E-state index in [2.05, 4.69) is 55.3 Å². The number of carbonyl (C=O) groups excluding carboxylic acids is 1. The smallest absolute Gasteiger partial charge is 0.274 e. The zero-order valence-corrected chi connectivity index (χ0v) is 26.8. The van der Waals surface area contributed by atoms with Gasteiger partial charge in [-0.15, -0.1) is 0 Å². The van der Waals surface area contributed by atoms with E-state index in [0.717, 1.165) is 33.9 Å². The fourth-order valence-electron chi connectivity index (χ4n) is 3.48. The van der Waals surface area contributed by atoms with Crippen molar-refractivity contribution in [2.24, 2.45) is 9.98 Å². The van der Waals surface area contributed by atoms with Crippen LogP contribution in [0.5, 0.6) is 0 Å². The van der Waals surface area contributed by atoms with Gasteiger partial charge in [-0.3, -0.25) is 9.79 Å². The molecule has 0 heterocycles. The zero-order chi connectivity index (χ0) is 30.5. The van der Waals surface area contributed by atoms with Crippen molar-refractivity contribution in [1.82, 2.24) is 5.32 Å². The number of anilines is 1. The summed E-state index contributed by atoms with van der Waals surface area (Å²) in [5.41, 5.74) is 5.86. The quantitative estimate of drug-likeness (QED) is 0.143. The van der Waals surface area contributed by atoms with Crippen LogP contribution in [-0.4, -0.2) is 29.8 Å². The van der Waals surface area contributed by atoms with Crippen LogP contribution < -0.4 is 10.6 Å². The number of amides is 1. The van der Waals surface area contributed by atoms with Gasteiger partial charge in [-0.05, 0) is 88.7 Å². The molecule has 5 nitrogen and oxygen atoms in total. The van der Waals surface area contributed by atoms with Gasteiger partial charge in [0.05, 0.1) is 16.4 Å². The highest BCUT2D eigenvalue weighted by molar-refractivity contribution is 8.16. The van der Waals surface area contributed by atoms with Crippen molar-refractivity contribution in [3.8, 4) is 0 Å². The zero-order valence-electron chi connectivity index (χ0n) is 26.0. The van der Waals surface area contributed by atoms with E-state index in [-0.39, 0.29) is 11.6 Å². The maximum Gasteiger partial charge on any atom is 0.274 e. The molecule has 2 aromatic rings. The lowest BCUT2D eigenvalue weighted by Gasteiger charge is -2.12. The van der Waals surface area contributed by atoms with E-state index in [1.807, 2.05) is 81.4 Å². The maximum atomic E-state index is 13.2. The molecule has 0 bridgehead atoms. The monoisotopic (exact) mass is 572 g/mol. The van der Waals surface area contributed by atoms with Crippen molar-refractivity contribution >= 4 is 45.4 Å². The molecule has 41 heavy (non-hydrogen) atoms. The second kappa shape index (κ2) is 21.3. The lowest BCUT2D eigenvalue weighted by atomic mass is 10.1. The summed E-state index contributed by atoms with van der Waals surface area (Å²) >= 11 is 1.61. The SMILES string of the molecule is C=CN=C(/C=C(\C)c1ccccc1)C(=O)Nc1ccccc1/C(=C/C)N=C(C)S/C=C(\C)CC.CCCNCCC. The van der Waals surface area contributed by atoms with Crippen LogP contribution in [0.25, 0.3) is 11.3 Å². The number of aliphatic imine (C=N–C) groups is 2. The molecule has 0 fully saturated rings. The molecule has 2 aromatic carbocycles. The molecule has 0 saturated carbocycles. The average Bonchev–Trinajstić information content (AvgIpc) is 2.99. The first kappa shape index (κ1) is 35.5. The highest BCUT2D eigenvalue weighted by Gasteiger charge is 2.14. The van der Waals surface area contributed by atoms with E-state index in [1.54, 1.807) is 17.8 Å². The molecule has 0 unspecified atom stereocenters. The lowest BCUT2D eigenvalue weighted by Crippen LogP contribution is -2.22. The third-order valence-electron chi connectivity index (χ3n) is 5.89. The van der Waals surface area contributed by atoms with Crippen LogP contribution in [0.15, 0.2) is 100 Å². The number of rotatable bonds is 13. The Balaban J connectivity index is 0.00000106. The summed E-state index contributed by atoms with van der Waals surface area (Å²) < 4.78 is 0. The third-order valence-corrected chi connectivity index (χ3v) is 6.84. The molecule has 0 aliphatic carbocycles. The van der Waals surface area contributed by atoms with Crippen LogP contribution >= 0.6 is 11.8 Å². The van der Waals surface area contributed by atoms with Crippen LogP contribution in [0.2, 0.25) is 0 Å². The number of thioether (sulfide) groups is 1. The second-order valence-corrected chi connectivity index (χ2v) is 10.4. The van der Waals surface area contributed by atoms with E-state index in [1.165, 1.54) is 37.7 Å². The van der Waals surface area contributed by atoms with Crippen molar-refractivity contribution in [3.05, 3.63) is 102 Å². The number of hydrogen-bond acceptors (Lipinski definition) is 5. The normalized spacial score (nSPS) is 12.9. The fraction of sp³-hybridized carbons (Fsp3) is 0.343. The molecule has 0 spiro atoms. The predicted octanol–water partition coefficient (Wildman–Crippen LogP) is 9.54. The largest absolute Gasteiger partial charge is 0.320 e. The first-order chi connectivity index (χ1) is 19.8. The molecular weight excluding hydrogens is 524 g/mol. The molecule has 0 aliphatic heterocycles. The highest BCUT2D eigenvalue weighted by Crippen LogP contribution is 2.27. The number of hydrogen-bond donors (Lipinski definition) is 2. The lowest BCUT2D eigenvalue weighted by molar-refractivity contribution is -0.110. The standard InChI is InChI=1S/C29H33N3OS.C6H15N/c1-7-21(4)20-34-23(6)31-26(8-2)25-17-13-14-18-27(25)32-29(33)28(30-9-3)19-22(5)24-15-11-10-12-16-24;1-3-5-7-6-4-2/h8-20H,3,7H2,1-2,4-6H3,(H,32,33);7H,3-6H2,1-2H3/b21-20+,22-19+,26-8-,30-28?,31-23?;. The Labute approximate surface area is 252 Å². The minimum Gasteiger partial charge on any atom is -0.320 e. The number of carbonyl (C=O) groups is 1. The summed E-state index contributed by atoms with van der Waals surface area (Å²) in [5, 5.41) is 9.35. The second-order valence-electron chi connectivity index (χ2n) is 9.38. The fourth-order valence-corrected chi connectivity index (χ4v) is 4.16. The molecule has 6 heteroatoms. The summed E-state index contributed by atoms with van der Waals surface area (Å²) in [7, 11) is 0. The Hall–Kier alpha value is -3.48.